The third kappa shape index (κ3) is 5.11. The normalized spacial score (nSPS) is 10.3. The Balaban J connectivity index is 1.43. The van der Waals surface area contributed by atoms with Gasteiger partial charge in [0.15, 0.2) is 5.82 Å². The number of carbonyl (C=O) groups excluding carboxylic acids is 1. The van der Waals surface area contributed by atoms with Crippen LogP contribution in [-0.2, 0) is 13.0 Å². The van der Waals surface area contributed by atoms with Gasteiger partial charge in [0.05, 0.1) is 13.7 Å². The molecule has 6 nitrogen and oxygen atoms in total. The maximum Gasteiger partial charge on any atom is 0.320 e. The smallest absolute Gasteiger partial charge is 0.320 e. The highest BCUT2D eigenvalue weighted by Gasteiger charge is 2.05. The van der Waals surface area contributed by atoms with Gasteiger partial charge in [-0.25, -0.2) is 4.79 Å². The number of nitrogens with zero attached hydrogens (tertiary/aromatic N) is 2. The van der Waals surface area contributed by atoms with Gasteiger partial charge in [0, 0.05) is 18.8 Å². The van der Waals surface area contributed by atoms with E-state index in [-0.39, 0.29) is 6.03 Å². The van der Waals surface area contributed by atoms with Gasteiger partial charge >= 0.3 is 6.03 Å². The van der Waals surface area contributed by atoms with Crippen molar-refractivity contribution in [2.24, 2.45) is 0 Å². The minimum atomic E-state index is -0.261. The monoisotopic (exact) mass is 350 g/mol. The van der Waals surface area contributed by atoms with Crippen LogP contribution in [0.2, 0.25) is 0 Å². The SMILES string of the molecule is COc1ccc(CCNC(=O)Nc2ccn(Cc3ccccc3)n2)cc1. The zero-order valence-electron chi connectivity index (χ0n) is 14.7. The number of urea groups is 1. The Bertz CT molecular complexity index is 829. The first-order valence-corrected chi connectivity index (χ1v) is 8.48. The fraction of sp³-hybridized carbons (Fsp3) is 0.200. The Hall–Kier alpha value is -3.28. The van der Waals surface area contributed by atoms with Crippen LogP contribution in [0.25, 0.3) is 0 Å². The molecule has 0 bridgehead atoms. The highest BCUT2D eigenvalue weighted by Crippen LogP contribution is 2.11. The summed E-state index contributed by atoms with van der Waals surface area (Å²) in [5.41, 5.74) is 2.30. The number of nitrogens with one attached hydrogen (secondary N) is 2. The molecule has 2 amide bonds. The van der Waals surface area contributed by atoms with Crippen LogP contribution >= 0.6 is 0 Å². The number of ether oxygens (including phenoxy) is 1. The number of amides is 2. The van der Waals surface area contributed by atoms with Crippen molar-refractivity contribution < 1.29 is 9.53 Å². The molecule has 2 aromatic carbocycles. The van der Waals surface area contributed by atoms with Gasteiger partial charge in [-0.15, -0.1) is 0 Å². The second-order valence-corrected chi connectivity index (χ2v) is 5.86. The van der Waals surface area contributed by atoms with E-state index in [1.54, 1.807) is 17.9 Å². The van der Waals surface area contributed by atoms with Crippen LogP contribution in [0.5, 0.6) is 5.75 Å². The number of hydrogen-bond donors (Lipinski definition) is 2. The summed E-state index contributed by atoms with van der Waals surface area (Å²) in [6.45, 7) is 1.21. The predicted octanol–water partition coefficient (Wildman–Crippen LogP) is 3.30. The summed E-state index contributed by atoms with van der Waals surface area (Å²) in [6.07, 6.45) is 2.60. The fourth-order valence-electron chi connectivity index (χ4n) is 2.56. The summed E-state index contributed by atoms with van der Waals surface area (Å²) in [6, 6.07) is 19.4. The third-order valence-electron chi connectivity index (χ3n) is 3.93. The van der Waals surface area contributed by atoms with Gasteiger partial charge in [0.2, 0.25) is 0 Å². The number of aromatic nitrogens is 2. The topological polar surface area (TPSA) is 68.2 Å². The minimum Gasteiger partial charge on any atom is -0.497 e. The second-order valence-electron chi connectivity index (χ2n) is 5.86. The molecule has 3 aromatic rings. The van der Waals surface area contributed by atoms with Crippen molar-refractivity contribution in [3.05, 3.63) is 78.0 Å². The largest absolute Gasteiger partial charge is 0.497 e. The summed E-state index contributed by atoms with van der Waals surface area (Å²) >= 11 is 0. The van der Waals surface area contributed by atoms with E-state index < -0.39 is 0 Å². The average molecular weight is 350 g/mol. The maximum absolute atomic E-state index is 12.0. The summed E-state index contributed by atoms with van der Waals surface area (Å²) in [5.74, 6) is 1.36. The first kappa shape index (κ1) is 17.5. The van der Waals surface area contributed by atoms with Crippen molar-refractivity contribution in [2.75, 3.05) is 19.0 Å². The number of rotatable bonds is 7. The lowest BCUT2D eigenvalue weighted by Crippen LogP contribution is -2.30. The molecule has 3 rings (SSSR count). The molecule has 2 N–H and O–H groups in total. The molecule has 0 atom stereocenters. The van der Waals surface area contributed by atoms with Gasteiger partial charge in [-0.1, -0.05) is 42.5 Å². The van der Waals surface area contributed by atoms with Crippen LogP contribution in [0.3, 0.4) is 0 Å². The van der Waals surface area contributed by atoms with Crippen molar-refractivity contribution in [3.8, 4) is 5.75 Å². The number of carbonyl (C=O) groups is 1. The van der Waals surface area contributed by atoms with Crippen LogP contribution in [0.15, 0.2) is 66.9 Å². The number of anilines is 1. The van der Waals surface area contributed by atoms with Crippen molar-refractivity contribution in [1.29, 1.82) is 0 Å². The molecule has 1 heterocycles. The summed E-state index contributed by atoms with van der Waals surface area (Å²) in [5, 5.41) is 9.95. The fourth-order valence-corrected chi connectivity index (χ4v) is 2.56. The van der Waals surface area contributed by atoms with E-state index in [0.29, 0.717) is 18.9 Å². The lowest BCUT2D eigenvalue weighted by molar-refractivity contribution is 0.252. The Morgan fingerprint density at radius 3 is 2.54 bits per heavy atom. The molecular weight excluding hydrogens is 328 g/mol. The van der Waals surface area contributed by atoms with Gasteiger partial charge < -0.3 is 10.1 Å². The maximum atomic E-state index is 12.0. The first-order valence-electron chi connectivity index (χ1n) is 8.48. The zero-order chi connectivity index (χ0) is 18.2. The van der Waals surface area contributed by atoms with Crippen molar-refractivity contribution in [3.63, 3.8) is 0 Å². The average Bonchev–Trinajstić information content (AvgIpc) is 3.10. The van der Waals surface area contributed by atoms with Crippen LogP contribution < -0.4 is 15.4 Å². The number of benzene rings is 2. The molecule has 0 aliphatic heterocycles. The Morgan fingerprint density at radius 2 is 1.81 bits per heavy atom. The highest BCUT2D eigenvalue weighted by molar-refractivity contribution is 5.88. The van der Waals surface area contributed by atoms with Gasteiger partial charge in [0.25, 0.3) is 0 Å². The Morgan fingerprint density at radius 1 is 1.04 bits per heavy atom. The molecule has 26 heavy (non-hydrogen) atoms. The van der Waals surface area contributed by atoms with Gasteiger partial charge in [-0.2, -0.15) is 5.10 Å². The van der Waals surface area contributed by atoms with E-state index in [9.17, 15) is 4.79 Å². The molecule has 1 aromatic heterocycles. The van der Waals surface area contributed by atoms with E-state index in [1.165, 1.54) is 0 Å². The predicted molar refractivity (Wildman–Crippen MR) is 101 cm³/mol. The number of methoxy groups -OCH3 is 1. The van der Waals surface area contributed by atoms with E-state index in [0.717, 1.165) is 23.3 Å². The van der Waals surface area contributed by atoms with Gasteiger partial charge in [-0.05, 0) is 29.7 Å². The summed E-state index contributed by atoms with van der Waals surface area (Å²) in [7, 11) is 1.64. The van der Waals surface area contributed by atoms with Crippen LogP contribution in [0.4, 0.5) is 10.6 Å². The molecule has 0 aliphatic rings. The summed E-state index contributed by atoms with van der Waals surface area (Å²) in [4.78, 5) is 12.0. The standard InChI is InChI=1S/C20H22N4O2/c1-26-18-9-7-16(8-10-18)11-13-21-20(25)22-19-12-14-24(23-19)15-17-5-3-2-4-6-17/h2-10,12,14H,11,13,15H2,1H3,(H2,21,22,23,25). The van der Waals surface area contributed by atoms with E-state index >= 15 is 0 Å². The molecule has 0 fully saturated rings. The zero-order valence-corrected chi connectivity index (χ0v) is 14.7. The minimum absolute atomic E-state index is 0.261. The van der Waals surface area contributed by atoms with E-state index in [1.807, 2.05) is 60.8 Å². The molecule has 0 aliphatic carbocycles. The molecular formula is C20H22N4O2. The molecule has 0 saturated heterocycles. The van der Waals surface area contributed by atoms with Gasteiger partial charge in [0.1, 0.15) is 5.75 Å². The lowest BCUT2D eigenvalue weighted by atomic mass is 10.1. The summed E-state index contributed by atoms with van der Waals surface area (Å²) < 4.78 is 6.92. The van der Waals surface area contributed by atoms with Crippen molar-refractivity contribution in [2.45, 2.75) is 13.0 Å². The lowest BCUT2D eigenvalue weighted by Gasteiger charge is -2.07. The molecule has 0 radical (unpaired) electrons. The molecule has 0 unspecified atom stereocenters. The Kier molecular flexibility index (Phi) is 5.88. The molecule has 134 valence electrons. The van der Waals surface area contributed by atoms with Crippen molar-refractivity contribution >= 4 is 11.8 Å². The Labute approximate surface area is 152 Å². The van der Waals surface area contributed by atoms with Crippen LogP contribution in [-0.4, -0.2) is 29.5 Å². The quantitative estimate of drug-likeness (QED) is 0.687. The van der Waals surface area contributed by atoms with Crippen LogP contribution in [0.1, 0.15) is 11.1 Å². The highest BCUT2D eigenvalue weighted by atomic mass is 16.5. The third-order valence-corrected chi connectivity index (χ3v) is 3.93. The first-order chi connectivity index (χ1) is 12.7. The molecule has 0 spiro atoms. The van der Waals surface area contributed by atoms with Crippen molar-refractivity contribution in [1.82, 2.24) is 15.1 Å². The van der Waals surface area contributed by atoms with Crippen LogP contribution in [0, 0.1) is 0 Å². The van der Waals surface area contributed by atoms with E-state index in [4.69, 9.17) is 4.74 Å². The second kappa shape index (κ2) is 8.71. The van der Waals surface area contributed by atoms with Gasteiger partial charge in [-0.3, -0.25) is 10.00 Å². The van der Waals surface area contributed by atoms with E-state index in [2.05, 4.69) is 15.7 Å². The molecule has 0 saturated carbocycles. The molecule has 6 heteroatoms. The number of hydrogen-bond acceptors (Lipinski definition) is 3.